The van der Waals surface area contributed by atoms with Gasteiger partial charge in [0.15, 0.2) is 0 Å². The van der Waals surface area contributed by atoms with Crippen molar-refractivity contribution in [3.05, 3.63) is 302 Å². The molecule has 0 aliphatic rings. The van der Waals surface area contributed by atoms with Crippen LogP contribution < -0.4 is 5.73 Å². The zero-order chi connectivity index (χ0) is 54.3. The van der Waals surface area contributed by atoms with E-state index in [4.69, 9.17) is 10.7 Å². The molecule has 0 fully saturated rings. The van der Waals surface area contributed by atoms with Crippen LogP contribution in [0.25, 0.3) is 138 Å². The minimum absolute atomic E-state index is 0.746. The number of fused-ring (bicyclic) bond motifs is 14. The number of hydrogen-bond acceptors (Lipinski definition) is 2. The number of rotatable bonds is 10. The lowest BCUT2D eigenvalue weighted by molar-refractivity contribution is 1.12. The summed E-state index contributed by atoms with van der Waals surface area (Å²) in [5.74, 6) is 0. The molecule has 0 radical (unpaired) electrons. The molecular formula is C76H52N6. The van der Waals surface area contributed by atoms with Gasteiger partial charge in [-0.3, -0.25) is 0 Å². The van der Waals surface area contributed by atoms with Crippen molar-refractivity contribution in [2.75, 3.05) is 0 Å². The maximum Gasteiger partial charge on any atom is 0.0788 e. The van der Waals surface area contributed by atoms with Crippen LogP contribution in [-0.4, -0.2) is 23.3 Å². The fourth-order valence-electron chi connectivity index (χ4n) is 13.0. The molecule has 0 spiro atoms. The summed E-state index contributed by atoms with van der Waals surface area (Å²) in [5, 5.41) is 9.66. The molecule has 0 amide bonds. The number of nitrogens with two attached hydrogens (primary N) is 1. The molecule has 0 atom stereocenters. The first-order valence-electron chi connectivity index (χ1n) is 28.0. The van der Waals surface area contributed by atoms with E-state index in [1.54, 1.807) is 0 Å². The second kappa shape index (κ2) is 19.2. The maximum atomic E-state index is 6.46. The van der Waals surface area contributed by atoms with Crippen molar-refractivity contribution in [3.8, 4) is 45.3 Å². The molecule has 2 N–H and O–H groups in total. The Hall–Kier alpha value is -11.0. The van der Waals surface area contributed by atoms with Gasteiger partial charge in [-0.25, -0.2) is 4.98 Å². The number of aromatic nitrogens is 5. The lowest BCUT2D eigenvalue weighted by Gasteiger charge is -2.15. The molecule has 0 aliphatic carbocycles. The zero-order valence-electron chi connectivity index (χ0n) is 44.7. The molecule has 11 aromatic carbocycles. The van der Waals surface area contributed by atoms with Crippen molar-refractivity contribution < 1.29 is 0 Å². The number of benzene rings is 11. The Morgan fingerprint density at radius 1 is 0.341 bits per heavy atom. The Morgan fingerprint density at radius 2 is 0.793 bits per heavy atom. The molecule has 0 aliphatic heterocycles. The number of allylic oxidation sites excluding steroid dienone is 3. The monoisotopic (exact) mass is 1050 g/mol. The minimum atomic E-state index is 0.746. The molecule has 0 unspecified atom stereocenters. The predicted octanol–water partition coefficient (Wildman–Crippen LogP) is 18.9. The van der Waals surface area contributed by atoms with Crippen LogP contribution >= 0.6 is 0 Å². The summed E-state index contributed by atoms with van der Waals surface area (Å²) in [7, 11) is 0. The van der Waals surface area contributed by atoms with Crippen LogP contribution in [0.5, 0.6) is 0 Å². The predicted molar refractivity (Wildman–Crippen MR) is 344 cm³/mol. The van der Waals surface area contributed by atoms with Gasteiger partial charge < -0.3 is 24.0 Å². The van der Waals surface area contributed by atoms with E-state index in [0.717, 1.165) is 96.0 Å². The van der Waals surface area contributed by atoms with E-state index >= 15 is 0 Å². The molecule has 16 aromatic rings. The lowest BCUT2D eigenvalue weighted by Crippen LogP contribution is -2.01. The normalized spacial score (nSPS) is 12.3. The van der Waals surface area contributed by atoms with Crippen LogP contribution in [0.2, 0.25) is 0 Å². The molecule has 5 aromatic heterocycles. The van der Waals surface area contributed by atoms with Crippen molar-refractivity contribution in [2.45, 2.75) is 6.42 Å². The topological polar surface area (TPSA) is 58.6 Å². The van der Waals surface area contributed by atoms with E-state index < -0.39 is 0 Å². The van der Waals surface area contributed by atoms with Gasteiger partial charge in [0.2, 0.25) is 0 Å². The van der Waals surface area contributed by atoms with Crippen LogP contribution in [0, 0.1) is 0 Å². The standard InChI is InChI=1S/C76H52N6/c77-65(51-23-3-1-4-24-51)36-12-7-21-50-22-17-28-54(47-50)81-69-40-14-9-33-59(69)62-43-44-63-60-34-10-15-41-70(60)82(76(63)75(62)81)57-31-19-30-56(49-57)79-71-42-16-11-35-64(71)73-72(79)46-45-61-58-32-8-13-39-68(58)80(74(61)73)55-29-18-27-53(48-55)67-38-20-37-66(78-67)52-25-5-2-6-26-52/h1-20,22-49H,21,77H2/b12-7-,65-36-. The van der Waals surface area contributed by atoms with Gasteiger partial charge in [-0.05, 0) is 109 Å². The molecule has 386 valence electrons. The molecular weight excluding hydrogens is 997 g/mol. The third-order valence-electron chi connectivity index (χ3n) is 16.5. The van der Waals surface area contributed by atoms with E-state index in [0.29, 0.717) is 0 Å². The minimum Gasteiger partial charge on any atom is -0.398 e. The highest BCUT2D eigenvalue weighted by molar-refractivity contribution is 6.27. The summed E-state index contributed by atoms with van der Waals surface area (Å²) in [6, 6.07) is 98.6. The Morgan fingerprint density at radius 3 is 1.44 bits per heavy atom. The van der Waals surface area contributed by atoms with Crippen molar-refractivity contribution >= 4 is 92.9 Å². The largest absolute Gasteiger partial charge is 0.398 e. The van der Waals surface area contributed by atoms with Gasteiger partial charge in [0.1, 0.15) is 0 Å². The lowest BCUT2D eigenvalue weighted by atomic mass is 10.1. The Balaban J connectivity index is 0.877. The van der Waals surface area contributed by atoms with Gasteiger partial charge >= 0.3 is 0 Å². The van der Waals surface area contributed by atoms with E-state index in [1.165, 1.54) is 59.7 Å². The van der Waals surface area contributed by atoms with Crippen LogP contribution in [0.15, 0.2) is 291 Å². The van der Waals surface area contributed by atoms with Gasteiger partial charge in [-0.2, -0.15) is 0 Å². The number of nitrogens with zero attached hydrogens (tertiary/aromatic N) is 5. The molecule has 0 saturated heterocycles. The summed E-state index contributed by atoms with van der Waals surface area (Å²) >= 11 is 0. The van der Waals surface area contributed by atoms with Gasteiger partial charge in [0.25, 0.3) is 0 Å². The number of hydrogen-bond donors (Lipinski definition) is 1. The van der Waals surface area contributed by atoms with Crippen molar-refractivity contribution in [3.63, 3.8) is 0 Å². The van der Waals surface area contributed by atoms with Crippen LogP contribution in [-0.2, 0) is 6.42 Å². The summed E-state index contributed by atoms with van der Waals surface area (Å²) in [5.41, 5.74) is 27.1. The molecule has 0 bridgehead atoms. The molecule has 0 saturated carbocycles. The first-order valence-corrected chi connectivity index (χ1v) is 28.0. The highest BCUT2D eigenvalue weighted by Gasteiger charge is 2.24. The van der Waals surface area contributed by atoms with E-state index in [9.17, 15) is 0 Å². The summed E-state index contributed by atoms with van der Waals surface area (Å²) < 4.78 is 9.93. The first-order chi connectivity index (χ1) is 40.6. The van der Waals surface area contributed by atoms with Crippen molar-refractivity contribution in [1.29, 1.82) is 0 Å². The molecule has 6 heteroatoms. The average Bonchev–Trinajstić information content (AvgIpc) is 4.41. The summed E-state index contributed by atoms with van der Waals surface area (Å²) in [4.78, 5) is 5.19. The highest BCUT2D eigenvalue weighted by atomic mass is 15.1. The first kappa shape index (κ1) is 47.1. The van der Waals surface area contributed by atoms with Gasteiger partial charge in [-0.15, -0.1) is 0 Å². The molecule has 5 heterocycles. The SMILES string of the molecule is N/C(=C\C=C/Cc1cccc(-n2c3ccccc3c3ccc4c5ccccc5n(-c5cccc(-n6c7ccccc7c7c6ccc6c8ccccc8n(-c8cccc(-c9cccc(-c%10ccccc%10)n9)c8)c67)c5)c4c32)c1)c1ccccc1. The summed E-state index contributed by atoms with van der Waals surface area (Å²) in [6.45, 7) is 0. The van der Waals surface area contributed by atoms with Crippen LogP contribution in [0.4, 0.5) is 0 Å². The third kappa shape index (κ3) is 7.53. The van der Waals surface area contributed by atoms with Crippen molar-refractivity contribution in [2.24, 2.45) is 5.73 Å². The van der Waals surface area contributed by atoms with Crippen LogP contribution in [0.3, 0.4) is 0 Å². The van der Waals surface area contributed by atoms with Crippen molar-refractivity contribution in [1.82, 2.24) is 23.3 Å². The average molecular weight is 1050 g/mol. The van der Waals surface area contributed by atoms with E-state index in [2.05, 4.69) is 267 Å². The number of pyridine rings is 1. The van der Waals surface area contributed by atoms with Crippen LogP contribution in [0.1, 0.15) is 11.1 Å². The Kier molecular flexibility index (Phi) is 11.0. The fourth-order valence-corrected chi connectivity index (χ4v) is 13.0. The molecule has 16 rings (SSSR count). The van der Waals surface area contributed by atoms with E-state index in [1.807, 2.05) is 42.5 Å². The van der Waals surface area contributed by atoms with Gasteiger partial charge in [0.05, 0.1) is 55.5 Å². The second-order valence-electron chi connectivity index (χ2n) is 21.3. The quantitative estimate of drug-likeness (QED) is 0.139. The molecule has 6 nitrogen and oxygen atoms in total. The number of para-hydroxylation sites is 4. The Labute approximate surface area is 473 Å². The molecule has 82 heavy (non-hydrogen) atoms. The second-order valence-corrected chi connectivity index (χ2v) is 21.3. The van der Waals surface area contributed by atoms with E-state index in [-0.39, 0.29) is 0 Å². The maximum absolute atomic E-state index is 6.46. The van der Waals surface area contributed by atoms with Gasteiger partial charge in [-0.1, -0.05) is 200 Å². The zero-order valence-corrected chi connectivity index (χ0v) is 44.7. The Bertz CT molecular complexity index is 5260. The van der Waals surface area contributed by atoms with Gasteiger partial charge in [0, 0.05) is 82.7 Å². The smallest absolute Gasteiger partial charge is 0.0788 e. The highest BCUT2D eigenvalue weighted by Crippen LogP contribution is 2.45. The fraction of sp³-hybridized carbons (Fsp3) is 0.0132. The third-order valence-corrected chi connectivity index (χ3v) is 16.5. The summed E-state index contributed by atoms with van der Waals surface area (Å²) in [6.07, 6.45) is 7.00.